The van der Waals surface area contributed by atoms with Crippen molar-refractivity contribution in [1.82, 2.24) is 0 Å². The number of nitrogens with zero attached hydrogens (tertiary/aromatic N) is 2. The third-order valence-electron chi connectivity index (χ3n) is 3.74. The highest BCUT2D eigenvalue weighted by atomic mass is 32.2. The average molecular weight is 447 g/mol. The van der Waals surface area contributed by atoms with Crippen molar-refractivity contribution in [2.24, 2.45) is 0 Å². The lowest BCUT2D eigenvalue weighted by molar-refractivity contribution is -0.384. The van der Waals surface area contributed by atoms with E-state index in [4.69, 9.17) is 0 Å². The van der Waals surface area contributed by atoms with Crippen molar-refractivity contribution in [2.75, 3.05) is 15.9 Å². The van der Waals surface area contributed by atoms with E-state index in [0.29, 0.717) is 4.31 Å². The van der Waals surface area contributed by atoms with Gasteiger partial charge in [-0.05, 0) is 37.3 Å². The number of carbonyl (C=O) groups excluding carboxylic acids is 1. The van der Waals surface area contributed by atoms with Gasteiger partial charge in [0.1, 0.15) is 11.8 Å². The van der Waals surface area contributed by atoms with Crippen LogP contribution in [0, 0.1) is 10.1 Å². The number of hydrogen-bond donors (Lipinski definition) is 1. The van der Waals surface area contributed by atoms with Crippen LogP contribution < -0.4 is 14.4 Å². The number of non-ortho nitro benzene ring substituents is 1. The van der Waals surface area contributed by atoms with Crippen molar-refractivity contribution in [3.8, 4) is 5.75 Å². The van der Waals surface area contributed by atoms with Gasteiger partial charge in [-0.1, -0.05) is 6.07 Å². The highest BCUT2D eigenvalue weighted by molar-refractivity contribution is 7.92. The fraction of sp³-hybridized carbons (Fsp3) is 0.235. The van der Waals surface area contributed by atoms with Crippen LogP contribution in [0.4, 0.5) is 30.2 Å². The lowest BCUT2D eigenvalue weighted by Gasteiger charge is -2.28. The summed E-state index contributed by atoms with van der Waals surface area (Å²) < 4.78 is 65.5. The lowest BCUT2D eigenvalue weighted by atomic mass is 10.2. The van der Waals surface area contributed by atoms with Crippen LogP contribution in [0.3, 0.4) is 0 Å². The molecule has 0 heterocycles. The number of carbonyl (C=O) groups is 1. The van der Waals surface area contributed by atoms with Gasteiger partial charge in [-0.25, -0.2) is 8.42 Å². The van der Waals surface area contributed by atoms with Gasteiger partial charge < -0.3 is 10.1 Å². The summed E-state index contributed by atoms with van der Waals surface area (Å²) in [6, 6.07) is 7.65. The van der Waals surface area contributed by atoms with E-state index in [9.17, 15) is 36.5 Å². The maximum Gasteiger partial charge on any atom is 0.573 e. The Kier molecular flexibility index (Phi) is 6.55. The summed E-state index contributed by atoms with van der Waals surface area (Å²) in [5.41, 5.74) is -0.369. The first kappa shape index (κ1) is 22.9. The lowest BCUT2D eigenvalue weighted by Crippen LogP contribution is -2.45. The normalized spacial score (nSPS) is 12.7. The summed E-state index contributed by atoms with van der Waals surface area (Å²) in [5, 5.41) is 13.3. The number of anilines is 2. The van der Waals surface area contributed by atoms with Gasteiger partial charge in [0.15, 0.2) is 0 Å². The maximum absolute atomic E-state index is 12.5. The summed E-state index contributed by atoms with van der Waals surface area (Å²) >= 11 is 0. The summed E-state index contributed by atoms with van der Waals surface area (Å²) in [6.07, 6.45) is -4.04. The van der Waals surface area contributed by atoms with Gasteiger partial charge in [-0.3, -0.25) is 19.2 Å². The number of rotatable bonds is 7. The maximum atomic E-state index is 12.5. The molecule has 1 amide bonds. The predicted octanol–water partition coefficient (Wildman–Crippen LogP) is 3.29. The van der Waals surface area contributed by atoms with Crippen LogP contribution in [0.1, 0.15) is 6.92 Å². The van der Waals surface area contributed by atoms with E-state index in [0.717, 1.165) is 36.6 Å². The number of halogens is 3. The first-order valence-electron chi connectivity index (χ1n) is 8.18. The first-order valence-corrected chi connectivity index (χ1v) is 10.0. The molecule has 0 aliphatic rings. The Morgan fingerprint density at radius 2 is 1.80 bits per heavy atom. The molecule has 9 nitrogen and oxygen atoms in total. The van der Waals surface area contributed by atoms with Crippen LogP contribution in [0.15, 0.2) is 48.5 Å². The number of sulfonamides is 1. The molecule has 0 saturated carbocycles. The number of benzene rings is 2. The molecular weight excluding hydrogens is 431 g/mol. The Morgan fingerprint density at radius 1 is 1.20 bits per heavy atom. The Hall–Kier alpha value is -3.35. The molecular formula is C17H16F3N3O6S. The summed E-state index contributed by atoms with van der Waals surface area (Å²) in [4.78, 5) is 22.8. The number of nitro benzene ring substituents is 1. The smallest absolute Gasteiger partial charge is 0.406 e. The van der Waals surface area contributed by atoms with Gasteiger partial charge in [0.05, 0.1) is 16.9 Å². The van der Waals surface area contributed by atoms with Crippen LogP contribution in [0.5, 0.6) is 5.75 Å². The van der Waals surface area contributed by atoms with Crippen LogP contribution in [-0.4, -0.2) is 37.9 Å². The largest absolute Gasteiger partial charge is 0.573 e. The van der Waals surface area contributed by atoms with Crippen LogP contribution in [0.2, 0.25) is 0 Å². The van der Waals surface area contributed by atoms with E-state index in [1.807, 2.05) is 0 Å². The third-order valence-corrected chi connectivity index (χ3v) is 4.98. The van der Waals surface area contributed by atoms with Gasteiger partial charge >= 0.3 is 6.36 Å². The molecule has 162 valence electrons. The van der Waals surface area contributed by atoms with E-state index in [-0.39, 0.29) is 17.1 Å². The summed E-state index contributed by atoms with van der Waals surface area (Å²) in [6.45, 7) is 1.26. The number of nitrogens with one attached hydrogen (secondary N) is 1. The van der Waals surface area contributed by atoms with E-state index < -0.39 is 39.0 Å². The van der Waals surface area contributed by atoms with Crippen LogP contribution >= 0.6 is 0 Å². The molecule has 2 aromatic rings. The second-order valence-corrected chi connectivity index (χ2v) is 7.93. The minimum atomic E-state index is -4.87. The molecule has 13 heteroatoms. The Morgan fingerprint density at radius 3 is 2.30 bits per heavy atom. The van der Waals surface area contributed by atoms with Gasteiger partial charge in [0.2, 0.25) is 15.9 Å². The zero-order valence-corrected chi connectivity index (χ0v) is 16.4. The molecule has 2 aromatic carbocycles. The quantitative estimate of drug-likeness (QED) is 0.514. The molecule has 0 bridgehead atoms. The fourth-order valence-corrected chi connectivity index (χ4v) is 3.71. The molecule has 0 unspecified atom stereocenters. The van der Waals surface area contributed by atoms with Crippen molar-refractivity contribution in [3.05, 3.63) is 58.6 Å². The van der Waals surface area contributed by atoms with Gasteiger partial charge in [0, 0.05) is 17.8 Å². The molecule has 0 fully saturated rings. The van der Waals surface area contributed by atoms with E-state index in [1.54, 1.807) is 0 Å². The third kappa shape index (κ3) is 6.07. The molecule has 1 N–H and O–H groups in total. The van der Waals surface area contributed by atoms with Crippen molar-refractivity contribution < 1.29 is 36.0 Å². The summed E-state index contributed by atoms with van der Waals surface area (Å²) in [5.74, 6) is -1.31. The topological polar surface area (TPSA) is 119 Å². The van der Waals surface area contributed by atoms with Crippen molar-refractivity contribution >= 4 is 33.0 Å². The SMILES string of the molecule is C[C@H](C(=O)Nc1ccc(OC(F)(F)F)cc1)N(c1cccc([N+](=O)[O-])c1)S(C)(=O)=O. The van der Waals surface area contributed by atoms with Crippen LogP contribution in [0.25, 0.3) is 0 Å². The minimum Gasteiger partial charge on any atom is -0.406 e. The van der Waals surface area contributed by atoms with Gasteiger partial charge in [-0.15, -0.1) is 13.2 Å². The van der Waals surface area contributed by atoms with Crippen LogP contribution in [-0.2, 0) is 14.8 Å². The second-order valence-electron chi connectivity index (χ2n) is 6.07. The van der Waals surface area contributed by atoms with Crippen molar-refractivity contribution in [1.29, 1.82) is 0 Å². The fourth-order valence-electron chi connectivity index (χ4n) is 2.54. The highest BCUT2D eigenvalue weighted by Crippen LogP contribution is 2.27. The molecule has 0 aromatic heterocycles. The van der Waals surface area contributed by atoms with E-state index >= 15 is 0 Å². The zero-order valence-electron chi connectivity index (χ0n) is 15.6. The van der Waals surface area contributed by atoms with E-state index in [1.165, 1.54) is 25.1 Å². The number of alkyl halides is 3. The molecule has 30 heavy (non-hydrogen) atoms. The Bertz CT molecular complexity index is 1040. The predicted molar refractivity (Wildman–Crippen MR) is 102 cm³/mol. The van der Waals surface area contributed by atoms with E-state index in [2.05, 4.69) is 10.1 Å². The number of amides is 1. The molecule has 0 aliphatic carbocycles. The summed E-state index contributed by atoms with van der Waals surface area (Å²) in [7, 11) is -4.02. The number of nitro groups is 1. The Balaban J connectivity index is 2.24. The second kappa shape index (κ2) is 8.57. The standard InChI is InChI=1S/C17H16F3N3O6S/c1-11(16(24)21-12-6-8-15(9-7-12)29-17(18,19)20)22(30(2,27)28)13-4-3-5-14(10-13)23(25)26/h3-11H,1-2H3,(H,21,24)/t11-/m1/s1. The molecule has 0 radical (unpaired) electrons. The minimum absolute atomic E-state index is 0.0915. The van der Waals surface area contributed by atoms with Crippen molar-refractivity contribution in [3.63, 3.8) is 0 Å². The first-order chi connectivity index (χ1) is 13.8. The molecule has 2 rings (SSSR count). The van der Waals surface area contributed by atoms with Gasteiger partial charge in [-0.2, -0.15) is 0 Å². The zero-order chi connectivity index (χ0) is 22.7. The average Bonchev–Trinajstić information content (AvgIpc) is 2.61. The monoisotopic (exact) mass is 447 g/mol. The Labute approximate surface area is 169 Å². The number of hydrogen-bond acceptors (Lipinski definition) is 6. The van der Waals surface area contributed by atoms with Crippen molar-refractivity contribution in [2.45, 2.75) is 19.3 Å². The van der Waals surface area contributed by atoms with Gasteiger partial charge in [0.25, 0.3) is 5.69 Å². The highest BCUT2D eigenvalue weighted by Gasteiger charge is 2.32. The number of ether oxygens (including phenoxy) is 1. The molecule has 0 spiro atoms. The molecule has 1 atom stereocenters. The molecule has 0 aliphatic heterocycles. The molecule has 0 saturated heterocycles.